The van der Waals surface area contributed by atoms with Gasteiger partial charge in [-0.15, -0.1) is 0 Å². The molecule has 1 spiro atoms. The smallest absolute Gasteiger partial charge is 0.355 e. The predicted molar refractivity (Wildman–Crippen MR) is 65.2 cm³/mol. The van der Waals surface area contributed by atoms with Gasteiger partial charge >= 0.3 is 6.18 Å². The van der Waals surface area contributed by atoms with Gasteiger partial charge in [0.2, 0.25) is 0 Å². The maximum atomic E-state index is 12.5. The largest absolute Gasteiger partial charge is 0.436 e. The van der Waals surface area contributed by atoms with Gasteiger partial charge in [0.15, 0.2) is 10.8 Å². The zero-order valence-electron chi connectivity index (χ0n) is 10.2. The average molecular weight is 292 g/mol. The molecule has 104 valence electrons. The lowest BCUT2D eigenvalue weighted by molar-refractivity contribution is -0.141. The number of halogens is 4. The van der Waals surface area contributed by atoms with E-state index in [1.807, 2.05) is 4.90 Å². The molecule has 1 saturated carbocycles. The molecule has 0 unspecified atom stereocenters. The van der Waals surface area contributed by atoms with Crippen LogP contribution in [0.2, 0.25) is 5.15 Å². The summed E-state index contributed by atoms with van der Waals surface area (Å²) in [5.41, 5.74) is -0.604. The molecule has 3 rings (SSSR count). The van der Waals surface area contributed by atoms with Crippen molar-refractivity contribution in [2.45, 2.75) is 31.9 Å². The second-order valence-electron chi connectivity index (χ2n) is 5.35. The van der Waals surface area contributed by atoms with Gasteiger partial charge in [-0.25, -0.2) is 9.97 Å². The molecule has 2 aliphatic rings. The zero-order valence-corrected chi connectivity index (χ0v) is 10.9. The van der Waals surface area contributed by atoms with E-state index in [4.69, 9.17) is 11.6 Å². The van der Waals surface area contributed by atoms with Gasteiger partial charge in [0, 0.05) is 13.1 Å². The first kappa shape index (κ1) is 13.0. The maximum Gasteiger partial charge on any atom is 0.436 e. The molecule has 1 saturated heterocycles. The van der Waals surface area contributed by atoms with Crippen LogP contribution in [0.15, 0.2) is 6.20 Å². The van der Waals surface area contributed by atoms with E-state index in [1.54, 1.807) is 0 Å². The highest BCUT2D eigenvalue weighted by molar-refractivity contribution is 6.30. The number of aromatic nitrogens is 2. The minimum absolute atomic E-state index is 0.438. The fourth-order valence-electron chi connectivity index (χ4n) is 2.59. The minimum Gasteiger partial charge on any atom is -0.355 e. The van der Waals surface area contributed by atoms with E-state index in [9.17, 15) is 13.2 Å². The topological polar surface area (TPSA) is 29.0 Å². The molecule has 0 radical (unpaired) electrons. The quantitative estimate of drug-likeness (QED) is 0.792. The van der Waals surface area contributed by atoms with Crippen LogP contribution in [0.25, 0.3) is 0 Å². The first-order valence-electron chi connectivity index (χ1n) is 6.24. The Bertz CT molecular complexity index is 489. The van der Waals surface area contributed by atoms with E-state index in [0.29, 0.717) is 11.2 Å². The number of piperidine rings is 1. The summed E-state index contributed by atoms with van der Waals surface area (Å²) >= 11 is 5.58. The first-order chi connectivity index (χ1) is 8.90. The van der Waals surface area contributed by atoms with Crippen molar-refractivity contribution in [3.05, 3.63) is 17.0 Å². The molecule has 1 aliphatic heterocycles. The van der Waals surface area contributed by atoms with Gasteiger partial charge in [-0.1, -0.05) is 11.6 Å². The summed E-state index contributed by atoms with van der Waals surface area (Å²) in [4.78, 5) is 9.22. The van der Waals surface area contributed by atoms with E-state index < -0.39 is 17.0 Å². The van der Waals surface area contributed by atoms with Crippen LogP contribution in [-0.2, 0) is 6.18 Å². The predicted octanol–water partition coefficient (Wildman–Crippen LogP) is 3.53. The molecular formula is C12H13ClF3N3. The van der Waals surface area contributed by atoms with E-state index in [-0.39, 0.29) is 0 Å². The van der Waals surface area contributed by atoms with Crippen molar-refractivity contribution >= 4 is 17.4 Å². The Morgan fingerprint density at radius 3 is 2.26 bits per heavy atom. The van der Waals surface area contributed by atoms with Crippen molar-refractivity contribution < 1.29 is 13.2 Å². The maximum absolute atomic E-state index is 12.5. The second-order valence-corrected chi connectivity index (χ2v) is 5.71. The molecule has 0 amide bonds. The number of alkyl halides is 3. The number of nitrogens with zero attached hydrogens (tertiary/aromatic N) is 3. The zero-order chi connectivity index (χ0) is 13.7. The van der Waals surface area contributed by atoms with Crippen LogP contribution in [0.3, 0.4) is 0 Å². The molecule has 1 aromatic rings. The Hall–Kier alpha value is -1.04. The standard InChI is InChI=1S/C12H13ClF3N3/c13-10-9(12(14,15)16)17-7-8(18-10)19-5-3-11(1-2-11)4-6-19/h7H,1-6H2. The molecule has 2 heterocycles. The Kier molecular flexibility index (Phi) is 2.89. The van der Waals surface area contributed by atoms with Gasteiger partial charge in [0.25, 0.3) is 0 Å². The lowest BCUT2D eigenvalue weighted by Gasteiger charge is -2.32. The molecular weight excluding hydrogens is 279 g/mol. The normalized spacial score (nSPS) is 21.8. The van der Waals surface area contributed by atoms with Crippen LogP contribution in [0.5, 0.6) is 0 Å². The van der Waals surface area contributed by atoms with Gasteiger partial charge in [-0.2, -0.15) is 13.2 Å². The fourth-order valence-corrected chi connectivity index (χ4v) is 2.83. The second kappa shape index (κ2) is 4.23. The molecule has 0 aromatic carbocycles. The summed E-state index contributed by atoms with van der Waals surface area (Å²) in [6.07, 6.45) is 1.32. The summed E-state index contributed by atoms with van der Waals surface area (Å²) < 4.78 is 37.6. The van der Waals surface area contributed by atoms with Gasteiger partial charge in [-0.05, 0) is 31.1 Å². The molecule has 0 N–H and O–H groups in total. The minimum atomic E-state index is -4.55. The van der Waals surface area contributed by atoms with Gasteiger partial charge < -0.3 is 4.90 Å². The van der Waals surface area contributed by atoms with Crippen LogP contribution in [0.1, 0.15) is 31.4 Å². The van der Waals surface area contributed by atoms with Crippen LogP contribution >= 0.6 is 11.6 Å². The van der Waals surface area contributed by atoms with Crippen LogP contribution < -0.4 is 4.90 Å². The number of anilines is 1. The third-order valence-corrected chi connectivity index (χ3v) is 4.35. The Labute approximate surface area is 113 Å². The monoisotopic (exact) mass is 291 g/mol. The average Bonchev–Trinajstić information content (AvgIpc) is 3.08. The molecule has 7 heteroatoms. The summed E-state index contributed by atoms with van der Waals surface area (Å²) in [5.74, 6) is 0.438. The van der Waals surface area contributed by atoms with E-state index in [0.717, 1.165) is 25.9 Å². The van der Waals surface area contributed by atoms with E-state index >= 15 is 0 Å². The van der Waals surface area contributed by atoms with E-state index in [1.165, 1.54) is 19.0 Å². The van der Waals surface area contributed by atoms with Crippen molar-refractivity contribution in [3.63, 3.8) is 0 Å². The third kappa shape index (κ3) is 2.50. The van der Waals surface area contributed by atoms with Crippen molar-refractivity contribution in [2.24, 2.45) is 5.41 Å². The third-order valence-electron chi connectivity index (χ3n) is 4.09. The van der Waals surface area contributed by atoms with Crippen molar-refractivity contribution in [1.82, 2.24) is 9.97 Å². The Morgan fingerprint density at radius 1 is 1.16 bits per heavy atom. The lowest BCUT2D eigenvalue weighted by Crippen LogP contribution is -2.35. The highest BCUT2D eigenvalue weighted by Gasteiger charge is 2.44. The fraction of sp³-hybridized carbons (Fsp3) is 0.667. The summed E-state index contributed by atoms with van der Waals surface area (Å²) in [6.45, 7) is 1.63. The molecule has 0 atom stereocenters. The summed E-state index contributed by atoms with van der Waals surface area (Å²) in [7, 11) is 0. The summed E-state index contributed by atoms with van der Waals surface area (Å²) in [6, 6.07) is 0. The van der Waals surface area contributed by atoms with Gasteiger partial charge in [0.1, 0.15) is 5.82 Å². The molecule has 19 heavy (non-hydrogen) atoms. The highest BCUT2D eigenvalue weighted by atomic mass is 35.5. The van der Waals surface area contributed by atoms with Crippen LogP contribution in [0.4, 0.5) is 19.0 Å². The van der Waals surface area contributed by atoms with Gasteiger partial charge in [0.05, 0.1) is 6.20 Å². The first-order valence-corrected chi connectivity index (χ1v) is 6.62. The molecule has 3 nitrogen and oxygen atoms in total. The van der Waals surface area contributed by atoms with Crippen molar-refractivity contribution in [3.8, 4) is 0 Å². The molecule has 1 aromatic heterocycles. The van der Waals surface area contributed by atoms with Crippen molar-refractivity contribution in [2.75, 3.05) is 18.0 Å². The molecule has 1 aliphatic carbocycles. The molecule has 0 bridgehead atoms. The lowest BCUT2D eigenvalue weighted by atomic mass is 9.94. The highest BCUT2D eigenvalue weighted by Crippen LogP contribution is 2.53. The Morgan fingerprint density at radius 2 is 1.79 bits per heavy atom. The molecule has 2 fully saturated rings. The SMILES string of the molecule is FC(F)(F)c1ncc(N2CCC3(CC2)CC3)nc1Cl. The number of hydrogen-bond donors (Lipinski definition) is 0. The van der Waals surface area contributed by atoms with E-state index in [2.05, 4.69) is 9.97 Å². The number of rotatable bonds is 1. The van der Waals surface area contributed by atoms with Crippen molar-refractivity contribution in [1.29, 1.82) is 0 Å². The van der Waals surface area contributed by atoms with Crippen LogP contribution in [0, 0.1) is 5.41 Å². The number of hydrogen-bond acceptors (Lipinski definition) is 3. The van der Waals surface area contributed by atoms with Crippen LogP contribution in [-0.4, -0.2) is 23.1 Å². The Balaban J connectivity index is 1.77. The summed E-state index contributed by atoms with van der Waals surface area (Å²) in [5, 5.41) is -0.572. The van der Waals surface area contributed by atoms with Gasteiger partial charge in [-0.3, -0.25) is 0 Å².